The lowest BCUT2D eigenvalue weighted by molar-refractivity contribution is 0.108. The molecular weight excluding hydrogens is 288 g/mol. The molecule has 0 amide bonds. The van der Waals surface area contributed by atoms with Gasteiger partial charge in [-0.3, -0.25) is 0 Å². The zero-order valence-electron chi connectivity index (χ0n) is 12.6. The first kappa shape index (κ1) is 9.69. The van der Waals surface area contributed by atoms with Gasteiger partial charge in [0.05, 0.1) is 0 Å². The molecule has 12 aliphatic rings. The minimum Gasteiger partial charge on any atom is -0.126 e. The molecule has 0 aliphatic heterocycles. The summed E-state index contributed by atoms with van der Waals surface area (Å²) < 4.78 is 0. The summed E-state index contributed by atoms with van der Waals surface area (Å²) in [5.41, 5.74) is 0.708. The van der Waals surface area contributed by atoms with Crippen LogP contribution in [0.25, 0.3) is 0 Å². The highest BCUT2D eigenvalue weighted by molar-refractivity contribution is 6.18. The summed E-state index contributed by atoms with van der Waals surface area (Å²) in [5.74, 6) is 24.5. The minimum atomic E-state index is 0.708. The maximum Gasteiger partial charge on any atom is 0.0288 e. The average molecular weight is 309 g/mol. The molecule has 12 fully saturated rings. The zero-order valence-corrected chi connectivity index (χ0v) is 13.3. The number of halogens is 1. The molecule has 0 aromatic heterocycles. The standard InChI is InChI=1S/C21H21Cl/c22-1-21-18-12-6-3-2-4-8(6)14(18)16-10(4)11-5(2)9-7(3)13(12)19(21)15(9)17(11)20(16)21/h2-20H,1H2/t2?,3?,4?,5?,6-,7-,8-,9+,10+,11+,12-,13+,14-,15+,16+,17-,18?,19?,20?,21?/m0/s1. The van der Waals surface area contributed by atoms with Crippen LogP contribution in [-0.2, 0) is 0 Å². The second kappa shape index (κ2) is 2.12. The van der Waals surface area contributed by atoms with Gasteiger partial charge in [0.1, 0.15) is 0 Å². The topological polar surface area (TPSA) is 0 Å². The van der Waals surface area contributed by atoms with Crippen molar-refractivity contribution in [2.24, 2.45) is 118 Å². The molecule has 12 rings (SSSR count). The van der Waals surface area contributed by atoms with Crippen LogP contribution in [0.4, 0.5) is 0 Å². The summed E-state index contributed by atoms with van der Waals surface area (Å²) in [6.45, 7) is 0. The third-order valence-electron chi connectivity index (χ3n) is 13.9. The molecule has 12 aliphatic carbocycles. The van der Waals surface area contributed by atoms with Gasteiger partial charge >= 0.3 is 0 Å². The first-order valence-electron chi connectivity index (χ1n) is 10.5. The Morgan fingerprint density at radius 2 is 0.636 bits per heavy atom. The molecule has 0 N–H and O–H groups in total. The second-order valence-electron chi connectivity index (χ2n) is 12.1. The van der Waals surface area contributed by atoms with Crippen LogP contribution in [0.5, 0.6) is 0 Å². The fourth-order valence-electron chi connectivity index (χ4n) is 16.0. The first-order chi connectivity index (χ1) is 10.9. The number of hydrogen-bond donors (Lipinski definition) is 0. The monoisotopic (exact) mass is 308 g/mol. The summed E-state index contributed by atoms with van der Waals surface area (Å²) >= 11 is 6.95. The Kier molecular flexibility index (Phi) is 0.934. The van der Waals surface area contributed by atoms with Crippen molar-refractivity contribution < 1.29 is 0 Å². The van der Waals surface area contributed by atoms with Gasteiger partial charge in [-0.15, -0.1) is 11.6 Å². The van der Waals surface area contributed by atoms with Crippen molar-refractivity contribution in [3.63, 3.8) is 0 Å². The predicted molar refractivity (Wildman–Crippen MR) is 79.5 cm³/mol. The molecule has 0 saturated heterocycles. The Hall–Kier alpha value is 0.290. The van der Waals surface area contributed by atoms with E-state index in [2.05, 4.69) is 0 Å². The van der Waals surface area contributed by atoms with Gasteiger partial charge in [-0.1, -0.05) is 0 Å². The largest absolute Gasteiger partial charge is 0.126 e. The summed E-state index contributed by atoms with van der Waals surface area (Å²) in [6.07, 6.45) is 0. The zero-order chi connectivity index (χ0) is 13.2. The molecule has 112 valence electrons. The normalized spacial score (nSPS) is 103. The van der Waals surface area contributed by atoms with Crippen molar-refractivity contribution in [3.8, 4) is 0 Å². The number of rotatable bonds is 1. The van der Waals surface area contributed by atoms with Gasteiger partial charge in [0.25, 0.3) is 0 Å². The Morgan fingerprint density at radius 3 is 0.864 bits per heavy atom. The maximum atomic E-state index is 6.95. The fourth-order valence-corrected chi connectivity index (χ4v) is 16.5. The van der Waals surface area contributed by atoms with Crippen LogP contribution in [0.3, 0.4) is 0 Å². The van der Waals surface area contributed by atoms with Gasteiger partial charge < -0.3 is 0 Å². The third kappa shape index (κ3) is 0.452. The lowest BCUT2D eigenvalue weighted by atomic mass is 9.68. The van der Waals surface area contributed by atoms with E-state index in [-0.39, 0.29) is 0 Å². The highest BCUT2D eigenvalue weighted by Gasteiger charge is 3.01. The molecular formula is C21H21Cl. The van der Waals surface area contributed by atoms with Gasteiger partial charge in [-0.05, 0) is 118 Å². The molecule has 8 unspecified atom stereocenters. The maximum absolute atomic E-state index is 6.95. The van der Waals surface area contributed by atoms with E-state index < -0.39 is 0 Å². The minimum absolute atomic E-state index is 0.708. The van der Waals surface area contributed by atoms with E-state index in [1.807, 2.05) is 0 Å². The summed E-state index contributed by atoms with van der Waals surface area (Å²) in [7, 11) is 0. The number of hydrogen-bond acceptors (Lipinski definition) is 0. The molecule has 12 saturated carbocycles. The number of alkyl halides is 1. The van der Waals surface area contributed by atoms with Crippen LogP contribution >= 0.6 is 11.6 Å². The average Bonchev–Trinajstić information content (AvgIpc) is 3.18. The Balaban J connectivity index is 1.46. The molecule has 20 atom stereocenters. The van der Waals surface area contributed by atoms with Crippen LogP contribution in [0.2, 0.25) is 0 Å². The van der Waals surface area contributed by atoms with Crippen LogP contribution in [0.15, 0.2) is 0 Å². The van der Waals surface area contributed by atoms with Gasteiger partial charge in [-0.25, -0.2) is 0 Å². The lowest BCUT2D eigenvalue weighted by Gasteiger charge is -2.38. The van der Waals surface area contributed by atoms with Crippen LogP contribution < -0.4 is 0 Å². The quantitative estimate of drug-likeness (QED) is 0.653. The highest BCUT2D eigenvalue weighted by atomic mass is 35.5. The van der Waals surface area contributed by atoms with Crippen molar-refractivity contribution in [2.75, 3.05) is 5.88 Å². The molecule has 22 heavy (non-hydrogen) atoms. The van der Waals surface area contributed by atoms with E-state index in [0.717, 1.165) is 23.6 Å². The van der Waals surface area contributed by atoms with Crippen molar-refractivity contribution in [1.29, 1.82) is 0 Å². The van der Waals surface area contributed by atoms with Gasteiger partial charge in [0.2, 0.25) is 0 Å². The van der Waals surface area contributed by atoms with Crippen molar-refractivity contribution >= 4 is 11.6 Å². The summed E-state index contributed by atoms with van der Waals surface area (Å²) in [4.78, 5) is 0. The fraction of sp³-hybridized carbons (Fsp3) is 1.00. The molecule has 1 heteroatoms. The van der Waals surface area contributed by atoms with E-state index in [9.17, 15) is 0 Å². The molecule has 0 heterocycles. The van der Waals surface area contributed by atoms with E-state index >= 15 is 0 Å². The molecule has 0 bridgehead atoms. The van der Waals surface area contributed by atoms with E-state index in [0.29, 0.717) is 5.41 Å². The molecule has 0 aromatic carbocycles. The smallest absolute Gasteiger partial charge is 0.0288 e. The van der Waals surface area contributed by atoms with Gasteiger partial charge in [0.15, 0.2) is 0 Å². The van der Waals surface area contributed by atoms with E-state index in [4.69, 9.17) is 11.6 Å². The van der Waals surface area contributed by atoms with E-state index in [1.165, 1.54) is 94.7 Å². The highest BCUT2D eigenvalue weighted by Crippen LogP contribution is 3.04. The van der Waals surface area contributed by atoms with Gasteiger partial charge in [-0.2, -0.15) is 0 Å². The summed E-state index contributed by atoms with van der Waals surface area (Å²) in [6, 6.07) is 0. The SMILES string of the molecule is ClCC12C3[C@@H]4[C@@H]5C6C7C8[C@@H]9[C@@H]6[C@@H]4C1[C@H]9[C@H]1C2[C@H]2[C@@H](C7[C@@H]5[C@@H]32)[C@H]81. The van der Waals surface area contributed by atoms with Crippen LogP contribution in [0.1, 0.15) is 0 Å². The van der Waals surface area contributed by atoms with E-state index in [1.54, 1.807) is 0 Å². The lowest BCUT2D eigenvalue weighted by Crippen LogP contribution is -2.37. The molecule has 0 radical (unpaired) electrons. The summed E-state index contributed by atoms with van der Waals surface area (Å²) in [5, 5.41) is 0. The van der Waals surface area contributed by atoms with Gasteiger partial charge in [0, 0.05) is 5.88 Å². The van der Waals surface area contributed by atoms with Crippen molar-refractivity contribution in [2.45, 2.75) is 0 Å². The third-order valence-corrected chi connectivity index (χ3v) is 14.4. The van der Waals surface area contributed by atoms with Crippen molar-refractivity contribution in [1.82, 2.24) is 0 Å². The van der Waals surface area contributed by atoms with Crippen LogP contribution in [0, 0.1) is 118 Å². The van der Waals surface area contributed by atoms with Crippen LogP contribution in [-0.4, -0.2) is 5.88 Å². The first-order valence-corrected chi connectivity index (χ1v) is 11.0. The Bertz CT molecular complexity index is 626. The Labute approximate surface area is 135 Å². The molecule has 0 aromatic rings. The molecule has 0 spiro atoms. The molecule has 0 nitrogen and oxygen atoms in total. The Morgan fingerprint density at radius 1 is 0.409 bits per heavy atom. The van der Waals surface area contributed by atoms with Crippen molar-refractivity contribution in [3.05, 3.63) is 0 Å². The second-order valence-corrected chi connectivity index (χ2v) is 12.3. The predicted octanol–water partition coefficient (Wildman–Crippen LogP) is 3.07.